The number of hydrogen-bond acceptors (Lipinski definition) is 3. The molecule has 4 atom stereocenters. The molecule has 2 saturated carbocycles. The Labute approximate surface area is 155 Å². The number of hydrogen-bond donors (Lipinski definition) is 2. The molecule has 6 heteroatoms. The number of likely N-dealkylation sites (tertiary alicyclic amines) is 1. The Kier molecular flexibility index (Phi) is 4.76. The van der Waals surface area contributed by atoms with E-state index in [1.54, 1.807) is 6.92 Å². The van der Waals surface area contributed by atoms with Gasteiger partial charge in [-0.2, -0.15) is 0 Å². The molecule has 0 aromatic rings. The van der Waals surface area contributed by atoms with Gasteiger partial charge in [-0.15, -0.1) is 6.42 Å². The molecule has 0 aromatic heterocycles. The van der Waals surface area contributed by atoms with Crippen LogP contribution in [0.4, 0.5) is 0 Å². The first-order valence-corrected chi connectivity index (χ1v) is 9.46. The fourth-order valence-electron chi connectivity index (χ4n) is 4.59. The number of nitrogens with zero attached hydrogens (tertiary/aromatic N) is 1. The van der Waals surface area contributed by atoms with Crippen molar-refractivity contribution in [2.45, 2.75) is 58.0 Å². The molecule has 26 heavy (non-hydrogen) atoms. The van der Waals surface area contributed by atoms with Gasteiger partial charge in [-0.1, -0.05) is 19.8 Å². The molecule has 142 valence electrons. The second-order valence-electron chi connectivity index (χ2n) is 8.87. The first-order chi connectivity index (χ1) is 12.2. The van der Waals surface area contributed by atoms with E-state index in [2.05, 4.69) is 30.4 Å². The maximum Gasteiger partial charge on any atom is 0.223 e. The van der Waals surface area contributed by atoms with Gasteiger partial charge in [0.05, 0.1) is 6.04 Å². The number of amides is 3. The van der Waals surface area contributed by atoms with Gasteiger partial charge >= 0.3 is 0 Å². The van der Waals surface area contributed by atoms with Crippen LogP contribution < -0.4 is 10.6 Å². The Morgan fingerprint density at radius 2 is 2.04 bits per heavy atom. The van der Waals surface area contributed by atoms with Crippen LogP contribution in [0.2, 0.25) is 0 Å². The standard InChI is InChI=1S/C11H14N2O2.C9H15NO/c1-2-9(12-7-14)5-8-6-11(3-4-11)13-10(8)15;1-6(11)10-4-7-8(5-10)9(7,2)3/h1,7-9H,3-6H2,(H,12,14)(H,13,15);7-8H,4-5H2,1-3H3. The number of nitrogens with one attached hydrogen (secondary N) is 2. The van der Waals surface area contributed by atoms with Crippen LogP contribution in [0.1, 0.15) is 46.5 Å². The monoisotopic (exact) mass is 359 g/mol. The Bertz CT molecular complexity index is 633. The molecule has 4 unspecified atom stereocenters. The highest BCUT2D eigenvalue weighted by atomic mass is 16.2. The van der Waals surface area contributed by atoms with Gasteiger partial charge in [-0.25, -0.2) is 0 Å². The normalized spacial score (nSPS) is 32.5. The van der Waals surface area contributed by atoms with Crippen molar-refractivity contribution >= 4 is 18.2 Å². The average Bonchev–Trinajstić information content (AvgIpc) is 3.26. The fourth-order valence-corrected chi connectivity index (χ4v) is 4.59. The van der Waals surface area contributed by atoms with E-state index in [1.165, 1.54) is 0 Å². The van der Waals surface area contributed by atoms with Gasteiger partial charge in [-0.05, 0) is 42.9 Å². The minimum Gasteiger partial charge on any atom is -0.350 e. The van der Waals surface area contributed by atoms with Crippen molar-refractivity contribution in [2.24, 2.45) is 23.2 Å². The Hall–Kier alpha value is -2.03. The summed E-state index contributed by atoms with van der Waals surface area (Å²) in [6.07, 6.45) is 9.42. The molecule has 0 radical (unpaired) electrons. The topological polar surface area (TPSA) is 78.5 Å². The second kappa shape index (κ2) is 6.61. The molecule has 2 saturated heterocycles. The molecule has 4 rings (SSSR count). The molecular formula is C20H29N3O3. The van der Waals surface area contributed by atoms with Crippen LogP contribution in [0, 0.1) is 35.5 Å². The smallest absolute Gasteiger partial charge is 0.223 e. The maximum atomic E-state index is 11.6. The second-order valence-corrected chi connectivity index (χ2v) is 8.87. The van der Waals surface area contributed by atoms with E-state index < -0.39 is 0 Å². The van der Waals surface area contributed by atoms with E-state index in [1.807, 2.05) is 4.90 Å². The summed E-state index contributed by atoms with van der Waals surface area (Å²) in [6, 6.07) is -0.327. The van der Waals surface area contributed by atoms with Crippen molar-refractivity contribution in [3.63, 3.8) is 0 Å². The van der Waals surface area contributed by atoms with Crippen molar-refractivity contribution in [1.29, 1.82) is 0 Å². The molecule has 2 aliphatic heterocycles. The summed E-state index contributed by atoms with van der Waals surface area (Å²) >= 11 is 0. The lowest BCUT2D eigenvalue weighted by atomic mass is 9.96. The molecule has 4 fully saturated rings. The van der Waals surface area contributed by atoms with Crippen LogP contribution in [0.3, 0.4) is 0 Å². The van der Waals surface area contributed by atoms with Crippen LogP contribution >= 0.6 is 0 Å². The zero-order chi connectivity index (χ0) is 19.1. The summed E-state index contributed by atoms with van der Waals surface area (Å²) < 4.78 is 0. The quantitative estimate of drug-likeness (QED) is 0.579. The van der Waals surface area contributed by atoms with E-state index >= 15 is 0 Å². The fraction of sp³-hybridized carbons (Fsp3) is 0.750. The number of carbonyl (C=O) groups excluding carboxylic acids is 3. The van der Waals surface area contributed by atoms with E-state index in [9.17, 15) is 14.4 Å². The third-order valence-electron chi connectivity index (χ3n) is 6.81. The summed E-state index contributed by atoms with van der Waals surface area (Å²) in [6.45, 7) is 8.29. The zero-order valence-electron chi connectivity index (χ0n) is 15.9. The van der Waals surface area contributed by atoms with Crippen molar-refractivity contribution in [3.05, 3.63) is 0 Å². The molecule has 2 N–H and O–H groups in total. The zero-order valence-corrected chi connectivity index (χ0v) is 15.9. The van der Waals surface area contributed by atoms with Gasteiger partial charge in [0.2, 0.25) is 18.2 Å². The number of carbonyl (C=O) groups is 3. The Morgan fingerprint density at radius 1 is 1.42 bits per heavy atom. The summed E-state index contributed by atoms with van der Waals surface area (Å²) in [5.74, 6) is 4.36. The third-order valence-corrected chi connectivity index (χ3v) is 6.81. The molecule has 2 heterocycles. The molecular weight excluding hydrogens is 330 g/mol. The van der Waals surface area contributed by atoms with Gasteiger partial charge < -0.3 is 15.5 Å². The van der Waals surface area contributed by atoms with Crippen molar-refractivity contribution in [1.82, 2.24) is 15.5 Å². The summed E-state index contributed by atoms with van der Waals surface area (Å²) in [7, 11) is 0. The van der Waals surface area contributed by atoms with Gasteiger partial charge in [0.25, 0.3) is 0 Å². The maximum absolute atomic E-state index is 11.6. The van der Waals surface area contributed by atoms with Crippen LogP contribution in [0.5, 0.6) is 0 Å². The van der Waals surface area contributed by atoms with E-state index in [0.717, 1.165) is 44.2 Å². The van der Waals surface area contributed by atoms with Gasteiger partial charge in [0.15, 0.2) is 0 Å². The highest BCUT2D eigenvalue weighted by molar-refractivity contribution is 5.83. The molecule has 6 nitrogen and oxygen atoms in total. The van der Waals surface area contributed by atoms with E-state index in [4.69, 9.17) is 6.42 Å². The highest BCUT2D eigenvalue weighted by Crippen LogP contribution is 2.61. The van der Waals surface area contributed by atoms with Gasteiger partial charge in [0, 0.05) is 31.5 Å². The van der Waals surface area contributed by atoms with Crippen LogP contribution in [-0.2, 0) is 14.4 Å². The summed E-state index contributed by atoms with van der Waals surface area (Å²) in [5, 5.41) is 5.53. The van der Waals surface area contributed by atoms with E-state index in [0.29, 0.717) is 18.2 Å². The molecule has 0 bridgehead atoms. The van der Waals surface area contributed by atoms with Crippen molar-refractivity contribution in [3.8, 4) is 12.3 Å². The van der Waals surface area contributed by atoms with Gasteiger partial charge in [-0.3, -0.25) is 14.4 Å². The largest absolute Gasteiger partial charge is 0.350 e. The van der Waals surface area contributed by atoms with Crippen molar-refractivity contribution < 1.29 is 14.4 Å². The SMILES string of the molecule is C#CC(CC1CC2(CC2)NC1=O)NC=O.CC(=O)N1CC2C(C1)C2(C)C. The number of fused-ring (bicyclic) bond motifs is 1. The summed E-state index contributed by atoms with van der Waals surface area (Å²) in [5.41, 5.74) is 0.619. The number of rotatable bonds is 4. The highest BCUT2D eigenvalue weighted by Gasteiger charge is 2.62. The number of piperidine rings is 1. The molecule has 1 spiro atoms. The Morgan fingerprint density at radius 3 is 2.46 bits per heavy atom. The summed E-state index contributed by atoms with van der Waals surface area (Å²) in [4.78, 5) is 34.8. The predicted molar refractivity (Wildman–Crippen MR) is 97.7 cm³/mol. The lowest BCUT2D eigenvalue weighted by molar-refractivity contribution is -0.128. The third kappa shape index (κ3) is 3.58. The average molecular weight is 359 g/mol. The molecule has 3 amide bonds. The van der Waals surface area contributed by atoms with Gasteiger partial charge in [0.1, 0.15) is 0 Å². The van der Waals surface area contributed by atoms with Crippen LogP contribution in [0.15, 0.2) is 0 Å². The van der Waals surface area contributed by atoms with E-state index in [-0.39, 0.29) is 29.3 Å². The van der Waals surface area contributed by atoms with Crippen LogP contribution in [0.25, 0.3) is 0 Å². The molecule has 4 aliphatic rings. The lowest BCUT2D eigenvalue weighted by Gasteiger charge is -2.19. The number of terminal acetylenes is 1. The molecule has 0 aromatic carbocycles. The molecule has 2 aliphatic carbocycles. The van der Waals surface area contributed by atoms with Crippen molar-refractivity contribution in [2.75, 3.05) is 13.1 Å². The first-order valence-electron chi connectivity index (χ1n) is 9.46. The van der Waals surface area contributed by atoms with Crippen LogP contribution in [-0.4, -0.2) is 47.8 Å². The lowest BCUT2D eigenvalue weighted by Crippen LogP contribution is -2.31. The minimum absolute atomic E-state index is 0.0407. The Balaban J connectivity index is 0.000000158. The minimum atomic E-state index is -0.327. The predicted octanol–water partition coefficient (Wildman–Crippen LogP) is 0.914. The first kappa shape index (κ1) is 18.8.